The van der Waals surface area contributed by atoms with Gasteiger partial charge in [-0.1, -0.05) is 17.8 Å². The van der Waals surface area contributed by atoms with E-state index >= 15 is 0 Å². The predicted octanol–water partition coefficient (Wildman–Crippen LogP) is 3.06. The summed E-state index contributed by atoms with van der Waals surface area (Å²) < 4.78 is 27.6. The topological polar surface area (TPSA) is 72.7 Å². The minimum Gasteiger partial charge on any atom is -0.325 e. The average Bonchev–Trinajstić information content (AvgIpc) is 3.05. The summed E-state index contributed by atoms with van der Waals surface area (Å²) in [6, 6.07) is 11.3. The first-order chi connectivity index (χ1) is 12.0. The number of carbonyl (C=O) groups excluding carboxylic acids is 1. The molecule has 3 aromatic rings. The molecule has 0 bridgehead atoms. The fourth-order valence-corrected chi connectivity index (χ4v) is 2.82. The van der Waals surface area contributed by atoms with Gasteiger partial charge in [-0.15, -0.1) is 5.10 Å². The number of rotatable bonds is 5. The number of anilines is 1. The Bertz CT molecular complexity index is 884. The molecule has 128 valence electrons. The van der Waals surface area contributed by atoms with E-state index in [1.165, 1.54) is 41.1 Å². The summed E-state index contributed by atoms with van der Waals surface area (Å²) in [4.78, 5) is 12.3. The molecule has 3 rings (SSSR count). The van der Waals surface area contributed by atoms with E-state index < -0.39 is 11.1 Å². The molecule has 0 saturated carbocycles. The quantitative estimate of drug-likeness (QED) is 0.707. The van der Waals surface area contributed by atoms with Gasteiger partial charge in [0.15, 0.2) is 0 Å². The molecule has 2 aromatic carbocycles. The summed E-state index contributed by atoms with van der Waals surface area (Å²) in [6.07, 6.45) is 0. The van der Waals surface area contributed by atoms with Crippen LogP contribution in [0.25, 0.3) is 5.69 Å². The number of thioether (sulfide) groups is 1. The largest absolute Gasteiger partial charge is 0.325 e. The van der Waals surface area contributed by atoms with E-state index in [0.717, 1.165) is 11.8 Å². The van der Waals surface area contributed by atoms with Crippen molar-refractivity contribution in [2.24, 2.45) is 0 Å². The van der Waals surface area contributed by atoms with Gasteiger partial charge < -0.3 is 5.32 Å². The Morgan fingerprint density at radius 1 is 1.16 bits per heavy atom. The average molecular weight is 361 g/mol. The number of nitrogens with zero attached hydrogens (tertiary/aromatic N) is 4. The van der Waals surface area contributed by atoms with Crippen LogP contribution < -0.4 is 5.32 Å². The number of halogens is 2. The van der Waals surface area contributed by atoms with Crippen molar-refractivity contribution in [2.45, 2.75) is 17.3 Å². The van der Waals surface area contributed by atoms with Gasteiger partial charge in [-0.3, -0.25) is 4.79 Å². The third kappa shape index (κ3) is 4.18. The lowest BCUT2D eigenvalue weighted by molar-refractivity contribution is -0.115. The number of tetrazole rings is 1. The van der Waals surface area contributed by atoms with Gasteiger partial charge in [-0.2, -0.15) is 4.68 Å². The molecule has 0 unspecified atom stereocenters. The summed E-state index contributed by atoms with van der Waals surface area (Å²) in [7, 11) is 0. The maximum absolute atomic E-state index is 13.4. The van der Waals surface area contributed by atoms with Crippen molar-refractivity contribution in [2.75, 3.05) is 5.32 Å². The minimum absolute atomic E-state index is 0.287. The zero-order chi connectivity index (χ0) is 17.8. The highest BCUT2D eigenvalue weighted by atomic mass is 32.2. The predicted molar refractivity (Wildman–Crippen MR) is 89.5 cm³/mol. The molecule has 0 spiro atoms. The number of nitrogens with one attached hydrogen (secondary N) is 1. The van der Waals surface area contributed by atoms with Crippen LogP contribution in [0.2, 0.25) is 0 Å². The third-order valence-corrected chi connectivity index (χ3v) is 4.29. The van der Waals surface area contributed by atoms with E-state index in [4.69, 9.17) is 0 Å². The van der Waals surface area contributed by atoms with Crippen LogP contribution in [-0.2, 0) is 4.79 Å². The molecule has 0 radical (unpaired) electrons. The first-order valence-electron chi connectivity index (χ1n) is 7.30. The second kappa shape index (κ2) is 7.39. The van der Waals surface area contributed by atoms with Crippen molar-refractivity contribution in [3.8, 4) is 5.69 Å². The smallest absolute Gasteiger partial charge is 0.237 e. The lowest BCUT2D eigenvalue weighted by Gasteiger charge is -2.11. The van der Waals surface area contributed by atoms with Gasteiger partial charge in [-0.25, -0.2) is 8.78 Å². The molecule has 0 fully saturated rings. The standard InChI is InChI=1S/C16H13F2N5OS/c1-10(15(24)19-13-7-5-11(17)6-8-13)25-16-20-21-22-23(16)14-4-2-3-12(18)9-14/h2-10H,1H3,(H,19,24)/t10-/m0/s1. The maximum Gasteiger partial charge on any atom is 0.237 e. The highest BCUT2D eigenvalue weighted by Gasteiger charge is 2.19. The van der Waals surface area contributed by atoms with Crippen LogP contribution in [0.15, 0.2) is 53.7 Å². The summed E-state index contributed by atoms with van der Waals surface area (Å²) in [6.45, 7) is 1.69. The van der Waals surface area contributed by atoms with Gasteiger partial charge in [0.1, 0.15) is 11.6 Å². The molecule has 1 amide bonds. The Labute approximate surface area is 146 Å². The van der Waals surface area contributed by atoms with Crippen molar-refractivity contribution in [3.05, 3.63) is 60.2 Å². The van der Waals surface area contributed by atoms with Crippen molar-refractivity contribution >= 4 is 23.4 Å². The number of amides is 1. The Balaban J connectivity index is 1.71. The molecule has 0 aliphatic carbocycles. The summed E-state index contributed by atoms with van der Waals surface area (Å²) in [5.74, 6) is -1.08. The molecule has 1 atom stereocenters. The Hall–Kier alpha value is -2.81. The molecule has 0 aliphatic heterocycles. The van der Waals surface area contributed by atoms with Gasteiger partial charge in [0, 0.05) is 5.69 Å². The highest BCUT2D eigenvalue weighted by Crippen LogP contribution is 2.24. The molecule has 9 heteroatoms. The highest BCUT2D eigenvalue weighted by molar-refractivity contribution is 8.00. The number of aromatic nitrogens is 4. The zero-order valence-electron chi connectivity index (χ0n) is 13.1. The normalized spacial score (nSPS) is 12.0. The molecule has 6 nitrogen and oxygen atoms in total. The van der Waals surface area contributed by atoms with Crippen molar-refractivity contribution in [1.29, 1.82) is 0 Å². The molecular formula is C16H13F2N5OS. The van der Waals surface area contributed by atoms with Crippen molar-refractivity contribution < 1.29 is 13.6 Å². The first kappa shape index (κ1) is 17.0. The lowest BCUT2D eigenvalue weighted by atomic mass is 10.3. The summed E-state index contributed by atoms with van der Waals surface area (Å²) >= 11 is 1.13. The second-order valence-corrected chi connectivity index (χ2v) is 6.42. The Kier molecular flexibility index (Phi) is 5.03. The van der Waals surface area contributed by atoms with Crippen LogP contribution in [0.1, 0.15) is 6.92 Å². The third-order valence-electron chi connectivity index (χ3n) is 3.26. The van der Waals surface area contributed by atoms with Gasteiger partial charge in [0.2, 0.25) is 11.1 Å². The SMILES string of the molecule is C[C@H](Sc1nnnn1-c1cccc(F)c1)C(=O)Nc1ccc(F)cc1. The van der Waals surface area contributed by atoms with E-state index in [0.29, 0.717) is 16.5 Å². The number of benzene rings is 2. The maximum atomic E-state index is 13.4. The molecule has 25 heavy (non-hydrogen) atoms. The first-order valence-corrected chi connectivity index (χ1v) is 8.18. The van der Waals surface area contributed by atoms with Crippen LogP contribution in [0, 0.1) is 11.6 Å². The summed E-state index contributed by atoms with van der Waals surface area (Å²) in [5, 5.41) is 13.8. The van der Waals surface area contributed by atoms with E-state index in [9.17, 15) is 13.6 Å². The van der Waals surface area contributed by atoms with Crippen molar-refractivity contribution in [3.63, 3.8) is 0 Å². The molecular weight excluding hydrogens is 348 g/mol. The number of carbonyl (C=O) groups is 1. The van der Waals surface area contributed by atoms with E-state index in [2.05, 4.69) is 20.8 Å². The van der Waals surface area contributed by atoms with Gasteiger partial charge >= 0.3 is 0 Å². The molecule has 1 heterocycles. The number of hydrogen-bond donors (Lipinski definition) is 1. The molecule has 0 aliphatic rings. The molecule has 1 N–H and O–H groups in total. The van der Waals surface area contributed by atoms with E-state index in [-0.39, 0.29) is 11.7 Å². The van der Waals surface area contributed by atoms with Crippen LogP contribution in [-0.4, -0.2) is 31.4 Å². The van der Waals surface area contributed by atoms with Gasteiger partial charge in [0.25, 0.3) is 0 Å². The Morgan fingerprint density at radius 3 is 2.64 bits per heavy atom. The zero-order valence-corrected chi connectivity index (χ0v) is 13.9. The number of hydrogen-bond acceptors (Lipinski definition) is 5. The van der Waals surface area contributed by atoms with Crippen LogP contribution in [0.4, 0.5) is 14.5 Å². The van der Waals surface area contributed by atoms with Crippen LogP contribution in [0.3, 0.4) is 0 Å². The minimum atomic E-state index is -0.525. The van der Waals surface area contributed by atoms with Crippen LogP contribution >= 0.6 is 11.8 Å². The van der Waals surface area contributed by atoms with E-state index in [1.54, 1.807) is 19.1 Å². The monoisotopic (exact) mass is 361 g/mol. The second-order valence-electron chi connectivity index (χ2n) is 5.11. The lowest BCUT2D eigenvalue weighted by Crippen LogP contribution is -2.22. The van der Waals surface area contributed by atoms with Gasteiger partial charge in [-0.05, 0) is 59.8 Å². The summed E-state index contributed by atoms with van der Waals surface area (Å²) in [5.41, 5.74) is 0.946. The van der Waals surface area contributed by atoms with E-state index in [1.807, 2.05) is 0 Å². The molecule has 1 aromatic heterocycles. The van der Waals surface area contributed by atoms with Crippen molar-refractivity contribution in [1.82, 2.24) is 20.2 Å². The Morgan fingerprint density at radius 2 is 1.92 bits per heavy atom. The fraction of sp³-hybridized carbons (Fsp3) is 0.125. The van der Waals surface area contributed by atoms with Crippen LogP contribution in [0.5, 0.6) is 0 Å². The van der Waals surface area contributed by atoms with Gasteiger partial charge in [0.05, 0.1) is 10.9 Å². The fourth-order valence-electron chi connectivity index (χ4n) is 2.01. The molecule has 0 saturated heterocycles.